The normalized spacial score (nSPS) is 12.4. The molecule has 0 saturated carbocycles. The fraction of sp³-hybridized carbons (Fsp3) is 0.333. The van der Waals surface area contributed by atoms with Gasteiger partial charge in [0.1, 0.15) is 0 Å². The monoisotopic (exact) mass is 350 g/mol. The number of halogens is 2. The molecular weight excluding hydrogens is 332 g/mol. The Labute approximate surface area is 135 Å². The lowest BCUT2D eigenvalue weighted by atomic mass is 9.93. The standard InChI is InChI=1S/C18H20BrCl/c1-13-6-7-16(8-14(13)2)10-17(12-19)9-15-4-3-5-18(20)11-15/h3-8,11,17H,9-10,12H2,1-2H3. The fourth-order valence-electron chi connectivity index (χ4n) is 2.44. The van der Waals surface area contributed by atoms with E-state index in [1.54, 1.807) is 0 Å². The van der Waals surface area contributed by atoms with Gasteiger partial charge in [-0.15, -0.1) is 0 Å². The molecule has 106 valence electrons. The summed E-state index contributed by atoms with van der Waals surface area (Å²) in [4.78, 5) is 0. The largest absolute Gasteiger partial charge is 0.0925 e. The molecule has 0 aliphatic rings. The van der Waals surface area contributed by atoms with Gasteiger partial charge in [0, 0.05) is 10.4 Å². The molecule has 0 amide bonds. The van der Waals surface area contributed by atoms with Crippen LogP contribution in [0.1, 0.15) is 22.3 Å². The predicted octanol–water partition coefficient (Wildman–Crippen LogP) is 5.75. The Morgan fingerprint density at radius 1 is 0.950 bits per heavy atom. The van der Waals surface area contributed by atoms with Gasteiger partial charge in [-0.2, -0.15) is 0 Å². The Morgan fingerprint density at radius 3 is 2.25 bits per heavy atom. The quantitative estimate of drug-likeness (QED) is 0.601. The molecule has 2 aromatic carbocycles. The molecule has 0 N–H and O–H groups in total. The van der Waals surface area contributed by atoms with Crippen LogP contribution in [-0.2, 0) is 12.8 Å². The fourth-order valence-corrected chi connectivity index (χ4v) is 3.11. The molecule has 0 heterocycles. The Hall–Kier alpha value is -0.790. The Kier molecular flexibility index (Phi) is 5.68. The first-order valence-corrected chi connectivity index (χ1v) is 8.45. The predicted molar refractivity (Wildman–Crippen MR) is 92.1 cm³/mol. The molecule has 2 aromatic rings. The molecule has 0 spiro atoms. The summed E-state index contributed by atoms with van der Waals surface area (Å²) in [5.74, 6) is 0.593. The van der Waals surface area contributed by atoms with Crippen LogP contribution < -0.4 is 0 Å². The van der Waals surface area contributed by atoms with Gasteiger partial charge in [-0.1, -0.05) is 57.9 Å². The molecule has 0 nitrogen and oxygen atoms in total. The maximum Gasteiger partial charge on any atom is 0.0408 e. The van der Waals surface area contributed by atoms with Crippen molar-refractivity contribution < 1.29 is 0 Å². The van der Waals surface area contributed by atoms with Crippen LogP contribution in [0.25, 0.3) is 0 Å². The number of rotatable bonds is 5. The maximum absolute atomic E-state index is 6.06. The maximum atomic E-state index is 6.06. The smallest absolute Gasteiger partial charge is 0.0408 e. The minimum absolute atomic E-state index is 0.593. The van der Waals surface area contributed by atoms with Crippen LogP contribution in [0.15, 0.2) is 42.5 Å². The van der Waals surface area contributed by atoms with Crippen molar-refractivity contribution in [2.24, 2.45) is 5.92 Å². The topological polar surface area (TPSA) is 0 Å². The Morgan fingerprint density at radius 2 is 1.65 bits per heavy atom. The zero-order valence-electron chi connectivity index (χ0n) is 12.0. The molecule has 2 rings (SSSR count). The molecule has 0 aromatic heterocycles. The first-order chi connectivity index (χ1) is 9.58. The van der Waals surface area contributed by atoms with Crippen LogP contribution in [0.4, 0.5) is 0 Å². The lowest BCUT2D eigenvalue weighted by Crippen LogP contribution is -2.10. The van der Waals surface area contributed by atoms with Crippen molar-refractivity contribution in [2.45, 2.75) is 26.7 Å². The average Bonchev–Trinajstić information content (AvgIpc) is 2.42. The van der Waals surface area contributed by atoms with E-state index in [1.165, 1.54) is 22.3 Å². The summed E-state index contributed by atoms with van der Waals surface area (Å²) in [6, 6.07) is 14.9. The van der Waals surface area contributed by atoms with Gasteiger partial charge in [0.2, 0.25) is 0 Å². The second-order valence-corrected chi connectivity index (χ2v) is 6.56. The lowest BCUT2D eigenvalue weighted by molar-refractivity contribution is 0.591. The summed E-state index contributed by atoms with van der Waals surface area (Å²) >= 11 is 9.71. The third-order valence-corrected chi connectivity index (χ3v) is 4.88. The first kappa shape index (κ1) is 15.6. The molecule has 0 saturated heterocycles. The van der Waals surface area contributed by atoms with Gasteiger partial charge in [0.15, 0.2) is 0 Å². The van der Waals surface area contributed by atoms with E-state index in [1.807, 2.05) is 12.1 Å². The highest BCUT2D eigenvalue weighted by molar-refractivity contribution is 9.09. The number of aryl methyl sites for hydroxylation is 2. The van der Waals surface area contributed by atoms with Gasteiger partial charge in [-0.3, -0.25) is 0 Å². The Bertz CT molecular complexity index is 577. The molecule has 0 bridgehead atoms. The van der Waals surface area contributed by atoms with Crippen molar-refractivity contribution in [1.29, 1.82) is 0 Å². The third-order valence-electron chi connectivity index (χ3n) is 3.73. The van der Waals surface area contributed by atoms with Crippen LogP contribution in [-0.4, -0.2) is 5.33 Å². The molecule has 0 radical (unpaired) electrons. The highest BCUT2D eigenvalue weighted by Gasteiger charge is 2.10. The zero-order chi connectivity index (χ0) is 14.5. The molecule has 0 aliphatic carbocycles. The summed E-state index contributed by atoms with van der Waals surface area (Å²) in [6.45, 7) is 4.34. The minimum Gasteiger partial charge on any atom is -0.0925 e. The highest BCUT2D eigenvalue weighted by Crippen LogP contribution is 2.20. The van der Waals surface area contributed by atoms with E-state index < -0.39 is 0 Å². The molecule has 2 heteroatoms. The SMILES string of the molecule is Cc1ccc(CC(CBr)Cc2cccc(Cl)c2)cc1C. The van der Waals surface area contributed by atoms with Gasteiger partial charge >= 0.3 is 0 Å². The van der Waals surface area contributed by atoms with Crippen molar-refractivity contribution in [3.63, 3.8) is 0 Å². The van der Waals surface area contributed by atoms with Crippen molar-refractivity contribution in [3.8, 4) is 0 Å². The van der Waals surface area contributed by atoms with Gasteiger partial charge in [-0.05, 0) is 67.0 Å². The van der Waals surface area contributed by atoms with E-state index >= 15 is 0 Å². The zero-order valence-corrected chi connectivity index (χ0v) is 14.3. The summed E-state index contributed by atoms with van der Waals surface area (Å²) in [6.07, 6.45) is 2.15. The third kappa shape index (κ3) is 4.36. The van der Waals surface area contributed by atoms with E-state index in [0.717, 1.165) is 23.2 Å². The minimum atomic E-state index is 0.593. The first-order valence-electron chi connectivity index (χ1n) is 6.95. The van der Waals surface area contributed by atoms with Crippen molar-refractivity contribution in [1.82, 2.24) is 0 Å². The van der Waals surface area contributed by atoms with E-state index in [2.05, 4.69) is 60.1 Å². The highest BCUT2D eigenvalue weighted by atomic mass is 79.9. The van der Waals surface area contributed by atoms with E-state index in [-0.39, 0.29) is 0 Å². The Balaban J connectivity index is 2.07. The van der Waals surface area contributed by atoms with Gasteiger partial charge in [0.25, 0.3) is 0 Å². The average molecular weight is 352 g/mol. The van der Waals surface area contributed by atoms with E-state index in [9.17, 15) is 0 Å². The van der Waals surface area contributed by atoms with Crippen LogP contribution in [0.5, 0.6) is 0 Å². The molecule has 20 heavy (non-hydrogen) atoms. The number of alkyl halides is 1. The van der Waals surface area contributed by atoms with Crippen molar-refractivity contribution >= 4 is 27.5 Å². The number of benzene rings is 2. The van der Waals surface area contributed by atoms with Crippen molar-refractivity contribution in [2.75, 3.05) is 5.33 Å². The molecule has 1 atom stereocenters. The van der Waals surface area contributed by atoms with Crippen molar-refractivity contribution in [3.05, 3.63) is 69.7 Å². The summed E-state index contributed by atoms with van der Waals surface area (Å²) in [5.41, 5.74) is 5.46. The number of hydrogen-bond acceptors (Lipinski definition) is 0. The van der Waals surface area contributed by atoms with E-state index in [0.29, 0.717) is 5.92 Å². The van der Waals surface area contributed by atoms with Crippen LogP contribution in [0.2, 0.25) is 5.02 Å². The lowest BCUT2D eigenvalue weighted by Gasteiger charge is -2.15. The molecule has 1 unspecified atom stereocenters. The van der Waals surface area contributed by atoms with Crippen LogP contribution in [0, 0.1) is 19.8 Å². The van der Waals surface area contributed by atoms with E-state index in [4.69, 9.17) is 11.6 Å². The summed E-state index contributed by atoms with van der Waals surface area (Å²) in [5, 5.41) is 1.83. The molecule has 0 aliphatic heterocycles. The number of hydrogen-bond donors (Lipinski definition) is 0. The molecular formula is C18H20BrCl. The second kappa shape index (κ2) is 7.28. The van der Waals surface area contributed by atoms with Gasteiger partial charge in [0.05, 0.1) is 0 Å². The second-order valence-electron chi connectivity index (χ2n) is 5.48. The van der Waals surface area contributed by atoms with Crippen LogP contribution >= 0.6 is 27.5 Å². The summed E-state index contributed by atoms with van der Waals surface area (Å²) in [7, 11) is 0. The van der Waals surface area contributed by atoms with Gasteiger partial charge in [-0.25, -0.2) is 0 Å². The van der Waals surface area contributed by atoms with Crippen LogP contribution in [0.3, 0.4) is 0 Å². The molecule has 0 fully saturated rings. The summed E-state index contributed by atoms with van der Waals surface area (Å²) < 4.78 is 0. The van der Waals surface area contributed by atoms with Gasteiger partial charge < -0.3 is 0 Å².